The van der Waals surface area contributed by atoms with E-state index in [0.29, 0.717) is 27.1 Å². The smallest absolute Gasteiger partial charge is 0.182 e. The van der Waals surface area contributed by atoms with Crippen molar-refractivity contribution in [3.63, 3.8) is 0 Å². The lowest BCUT2D eigenvalue weighted by molar-refractivity contribution is 0.620. The number of rotatable bonds is 1. The van der Waals surface area contributed by atoms with Gasteiger partial charge in [0.15, 0.2) is 4.77 Å². The number of hydrogen-bond donors (Lipinski definition) is 1. The van der Waals surface area contributed by atoms with Crippen LogP contribution in [0, 0.1) is 28.8 Å². The summed E-state index contributed by atoms with van der Waals surface area (Å²) in [6.07, 6.45) is 0. The molecule has 0 radical (unpaired) electrons. The maximum Gasteiger partial charge on any atom is 0.182 e. The summed E-state index contributed by atoms with van der Waals surface area (Å²) in [6.45, 7) is 1.70. The molecule has 0 aliphatic carbocycles. The number of nitrogens with one attached hydrogen (secondary N) is 1. The summed E-state index contributed by atoms with van der Waals surface area (Å²) in [6, 6.07) is 12.5. The van der Waals surface area contributed by atoms with Gasteiger partial charge in [0.2, 0.25) is 0 Å². The molecule has 0 saturated heterocycles. The van der Waals surface area contributed by atoms with Crippen LogP contribution in [0.4, 0.5) is 4.39 Å². The Morgan fingerprint density at radius 2 is 2.05 bits per heavy atom. The highest BCUT2D eigenvalue weighted by molar-refractivity contribution is 7.71. The summed E-state index contributed by atoms with van der Waals surface area (Å²) in [4.78, 5) is 2.97. The normalized spacial score (nSPS) is 10.7. The van der Waals surface area contributed by atoms with Crippen molar-refractivity contribution in [1.29, 1.82) is 5.26 Å². The van der Waals surface area contributed by atoms with Gasteiger partial charge in [-0.1, -0.05) is 12.1 Å². The van der Waals surface area contributed by atoms with Crippen molar-refractivity contribution in [2.75, 3.05) is 0 Å². The SMILES string of the molecule is Cc1cc2c(cc1F)[nH]c(=S)n2-c1ccccc1C#N. The zero-order valence-electron chi connectivity index (χ0n) is 10.6. The summed E-state index contributed by atoms with van der Waals surface area (Å²) in [5, 5.41) is 9.21. The highest BCUT2D eigenvalue weighted by atomic mass is 32.1. The molecule has 20 heavy (non-hydrogen) atoms. The first-order chi connectivity index (χ1) is 9.61. The maximum absolute atomic E-state index is 13.6. The van der Waals surface area contributed by atoms with Gasteiger partial charge < -0.3 is 4.98 Å². The van der Waals surface area contributed by atoms with Crippen molar-refractivity contribution in [3.8, 4) is 11.8 Å². The van der Waals surface area contributed by atoms with Gasteiger partial charge in [0, 0.05) is 0 Å². The van der Waals surface area contributed by atoms with Crippen LogP contribution >= 0.6 is 12.2 Å². The summed E-state index contributed by atoms with van der Waals surface area (Å²) < 4.78 is 15.8. The summed E-state index contributed by atoms with van der Waals surface area (Å²) in [5.74, 6) is -0.283. The van der Waals surface area contributed by atoms with E-state index in [0.717, 1.165) is 5.52 Å². The van der Waals surface area contributed by atoms with Gasteiger partial charge in [-0.3, -0.25) is 4.57 Å². The predicted octanol–water partition coefficient (Wildman–Crippen LogP) is 4.01. The highest BCUT2D eigenvalue weighted by Crippen LogP contribution is 2.24. The number of nitrogens with zero attached hydrogens (tertiary/aromatic N) is 2. The number of benzene rings is 2. The molecule has 3 rings (SSSR count). The van der Waals surface area contributed by atoms with Crippen LogP contribution in [0.25, 0.3) is 16.7 Å². The van der Waals surface area contributed by atoms with E-state index in [9.17, 15) is 9.65 Å². The van der Waals surface area contributed by atoms with E-state index in [1.807, 2.05) is 12.1 Å². The molecule has 0 aliphatic rings. The number of aromatic amines is 1. The highest BCUT2D eigenvalue weighted by Gasteiger charge is 2.12. The van der Waals surface area contributed by atoms with Gasteiger partial charge >= 0.3 is 0 Å². The maximum atomic E-state index is 13.6. The van der Waals surface area contributed by atoms with Gasteiger partial charge in [0.05, 0.1) is 22.3 Å². The lowest BCUT2D eigenvalue weighted by Crippen LogP contribution is -1.97. The van der Waals surface area contributed by atoms with Gasteiger partial charge in [-0.15, -0.1) is 0 Å². The third kappa shape index (κ3) is 1.82. The molecule has 0 aliphatic heterocycles. The van der Waals surface area contributed by atoms with E-state index in [-0.39, 0.29) is 5.82 Å². The topological polar surface area (TPSA) is 44.5 Å². The molecule has 0 amide bonds. The molecule has 2 aromatic carbocycles. The molecular weight excluding hydrogens is 273 g/mol. The van der Waals surface area contributed by atoms with Crippen molar-refractivity contribution in [3.05, 3.63) is 58.1 Å². The second-order valence-electron chi connectivity index (χ2n) is 4.51. The molecular formula is C15H10FN3S. The molecule has 0 saturated carbocycles. The fraction of sp³-hybridized carbons (Fsp3) is 0.0667. The number of imidazole rings is 1. The summed E-state index contributed by atoms with van der Waals surface area (Å²) >= 11 is 5.30. The summed E-state index contributed by atoms with van der Waals surface area (Å²) in [7, 11) is 0. The molecule has 3 nitrogen and oxygen atoms in total. The predicted molar refractivity (Wildman–Crippen MR) is 77.9 cm³/mol. The lowest BCUT2D eigenvalue weighted by Gasteiger charge is -2.07. The summed E-state index contributed by atoms with van der Waals surface area (Å²) in [5.41, 5.74) is 3.13. The van der Waals surface area contributed by atoms with Crippen molar-refractivity contribution in [2.45, 2.75) is 6.92 Å². The number of hydrogen-bond acceptors (Lipinski definition) is 2. The fourth-order valence-corrected chi connectivity index (χ4v) is 2.54. The van der Waals surface area contributed by atoms with E-state index in [1.54, 1.807) is 29.7 Å². The van der Waals surface area contributed by atoms with Crippen LogP contribution in [0.2, 0.25) is 0 Å². The molecule has 98 valence electrons. The molecule has 0 fully saturated rings. The van der Waals surface area contributed by atoms with E-state index >= 15 is 0 Å². The van der Waals surface area contributed by atoms with Crippen molar-refractivity contribution >= 4 is 23.3 Å². The van der Waals surface area contributed by atoms with E-state index < -0.39 is 0 Å². The van der Waals surface area contributed by atoms with Gasteiger partial charge in [-0.05, 0) is 49.0 Å². The number of para-hydroxylation sites is 1. The average molecular weight is 283 g/mol. The average Bonchev–Trinajstić information content (AvgIpc) is 2.74. The van der Waals surface area contributed by atoms with Gasteiger partial charge in [-0.25, -0.2) is 4.39 Å². The first kappa shape index (κ1) is 12.6. The first-order valence-electron chi connectivity index (χ1n) is 6.02. The van der Waals surface area contributed by atoms with Gasteiger partial charge in [-0.2, -0.15) is 5.26 Å². The Labute approximate surface area is 119 Å². The number of aryl methyl sites for hydroxylation is 1. The number of aromatic nitrogens is 2. The Hall–Kier alpha value is -2.45. The largest absolute Gasteiger partial charge is 0.330 e. The number of nitriles is 1. The standard InChI is InChI=1S/C15H10FN3S/c1-9-6-14-12(7-11(9)16)18-15(20)19(14)13-5-3-2-4-10(13)8-17/h2-7H,1H3,(H,18,20). The molecule has 0 spiro atoms. The van der Waals surface area contributed by atoms with Crippen LogP contribution in [-0.4, -0.2) is 9.55 Å². The van der Waals surface area contributed by atoms with E-state index in [1.165, 1.54) is 6.07 Å². The van der Waals surface area contributed by atoms with Gasteiger partial charge in [0.1, 0.15) is 11.9 Å². The zero-order valence-corrected chi connectivity index (χ0v) is 11.5. The Balaban J connectivity index is 2.43. The van der Waals surface area contributed by atoms with Crippen LogP contribution in [0.15, 0.2) is 36.4 Å². The second kappa shape index (κ2) is 4.58. The molecule has 0 atom stereocenters. The second-order valence-corrected chi connectivity index (χ2v) is 4.90. The molecule has 3 aromatic rings. The first-order valence-corrected chi connectivity index (χ1v) is 6.43. The van der Waals surface area contributed by atoms with Crippen molar-refractivity contribution < 1.29 is 4.39 Å². The quantitative estimate of drug-likeness (QED) is 0.686. The fourth-order valence-electron chi connectivity index (χ4n) is 2.23. The van der Waals surface area contributed by atoms with E-state index in [2.05, 4.69) is 11.1 Å². The third-order valence-corrected chi connectivity index (χ3v) is 3.51. The molecule has 1 aromatic heterocycles. The Kier molecular flexibility index (Phi) is 2.88. The number of H-pyrrole nitrogens is 1. The Morgan fingerprint density at radius 3 is 2.80 bits per heavy atom. The van der Waals surface area contributed by atoms with E-state index in [4.69, 9.17) is 12.2 Å². The van der Waals surface area contributed by atoms with Crippen LogP contribution in [0.3, 0.4) is 0 Å². The van der Waals surface area contributed by atoms with Crippen LogP contribution in [0.5, 0.6) is 0 Å². The minimum Gasteiger partial charge on any atom is -0.330 e. The Morgan fingerprint density at radius 1 is 1.30 bits per heavy atom. The Bertz CT molecular complexity index is 915. The molecule has 0 unspecified atom stereocenters. The number of fused-ring (bicyclic) bond motifs is 1. The van der Waals surface area contributed by atoms with Crippen molar-refractivity contribution in [2.24, 2.45) is 0 Å². The van der Waals surface area contributed by atoms with Crippen molar-refractivity contribution in [1.82, 2.24) is 9.55 Å². The molecule has 0 bridgehead atoms. The monoisotopic (exact) mass is 283 g/mol. The minimum atomic E-state index is -0.283. The van der Waals surface area contributed by atoms with Crippen LogP contribution < -0.4 is 0 Å². The minimum absolute atomic E-state index is 0.283. The molecule has 1 heterocycles. The zero-order chi connectivity index (χ0) is 14.3. The molecule has 5 heteroatoms. The number of halogens is 1. The van der Waals surface area contributed by atoms with Gasteiger partial charge in [0.25, 0.3) is 0 Å². The van der Waals surface area contributed by atoms with Crippen LogP contribution in [-0.2, 0) is 0 Å². The lowest BCUT2D eigenvalue weighted by atomic mass is 10.1. The molecule has 1 N–H and O–H groups in total. The van der Waals surface area contributed by atoms with Crippen LogP contribution in [0.1, 0.15) is 11.1 Å². The third-order valence-electron chi connectivity index (χ3n) is 3.23.